The van der Waals surface area contributed by atoms with Crippen molar-refractivity contribution in [2.45, 2.75) is 25.4 Å². The van der Waals surface area contributed by atoms with Gasteiger partial charge >= 0.3 is 0 Å². The quantitative estimate of drug-likeness (QED) is 0.855. The topological polar surface area (TPSA) is 69.6 Å². The molecule has 2 aliphatic rings. The van der Waals surface area contributed by atoms with Crippen molar-refractivity contribution in [2.75, 3.05) is 20.1 Å². The molecular weight excluding hydrogens is 280 g/mol. The first-order valence-corrected chi connectivity index (χ1v) is 7.76. The van der Waals surface area contributed by atoms with Crippen LogP contribution in [0.4, 0.5) is 0 Å². The lowest BCUT2D eigenvalue weighted by Crippen LogP contribution is -2.37. The van der Waals surface area contributed by atoms with E-state index in [-0.39, 0.29) is 29.6 Å². The Morgan fingerprint density at radius 2 is 2.09 bits per heavy atom. The lowest BCUT2D eigenvalue weighted by molar-refractivity contribution is -0.128. The molecule has 1 saturated carbocycles. The number of aliphatic hydroxyl groups excluding tert-OH is 1. The summed E-state index contributed by atoms with van der Waals surface area (Å²) in [6.45, 7) is 0.954. The van der Waals surface area contributed by atoms with Crippen molar-refractivity contribution in [2.24, 2.45) is 11.3 Å². The monoisotopic (exact) mass is 302 g/mol. The number of nitrogens with one attached hydrogen (secondary N) is 1. The van der Waals surface area contributed by atoms with Crippen molar-refractivity contribution >= 4 is 11.8 Å². The number of hydrogen-bond donors (Lipinski definition) is 2. The van der Waals surface area contributed by atoms with Crippen molar-refractivity contribution < 1.29 is 14.7 Å². The van der Waals surface area contributed by atoms with Crippen LogP contribution in [0.1, 0.15) is 30.9 Å². The fourth-order valence-electron chi connectivity index (χ4n) is 3.14. The van der Waals surface area contributed by atoms with Gasteiger partial charge < -0.3 is 15.3 Å². The molecule has 22 heavy (non-hydrogen) atoms. The Kier molecular flexibility index (Phi) is 3.91. The van der Waals surface area contributed by atoms with Gasteiger partial charge in [-0.05, 0) is 18.4 Å². The zero-order valence-corrected chi connectivity index (χ0v) is 12.8. The second kappa shape index (κ2) is 5.72. The predicted molar refractivity (Wildman–Crippen MR) is 81.8 cm³/mol. The van der Waals surface area contributed by atoms with Gasteiger partial charge in [-0.15, -0.1) is 0 Å². The first-order chi connectivity index (χ1) is 10.5. The first-order valence-electron chi connectivity index (χ1n) is 7.76. The Balaban J connectivity index is 1.57. The lowest BCUT2D eigenvalue weighted by atomic mass is 9.92. The van der Waals surface area contributed by atoms with Crippen molar-refractivity contribution in [3.63, 3.8) is 0 Å². The molecule has 1 aliphatic carbocycles. The molecule has 2 fully saturated rings. The summed E-state index contributed by atoms with van der Waals surface area (Å²) in [5, 5.41) is 13.5. The highest BCUT2D eigenvalue weighted by molar-refractivity contribution is 5.89. The van der Waals surface area contributed by atoms with Crippen molar-refractivity contribution in [3.8, 4) is 0 Å². The van der Waals surface area contributed by atoms with E-state index in [9.17, 15) is 14.7 Å². The Labute approximate surface area is 130 Å². The number of amides is 2. The summed E-state index contributed by atoms with van der Waals surface area (Å²) in [4.78, 5) is 25.3. The van der Waals surface area contributed by atoms with Gasteiger partial charge in [0.25, 0.3) is 0 Å². The Morgan fingerprint density at radius 3 is 2.64 bits per heavy atom. The minimum atomic E-state index is -0.554. The van der Waals surface area contributed by atoms with E-state index in [4.69, 9.17) is 0 Å². The third-order valence-electron chi connectivity index (χ3n) is 4.91. The van der Waals surface area contributed by atoms with Crippen LogP contribution < -0.4 is 5.32 Å². The fraction of sp³-hybridized carbons (Fsp3) is 0.529. The van der Waals surface area contributed by atoms with E-state index < -0.39 is 6.10 Å². The van der Waals surface area contributed by atoms with E-state index in [1.165, 1.54) is 0 Å². The maximum atomic E-state index is 12.2. The van der Waals surface area contributed by atoms with Crippen LogP contribution in [-0.4, -0.2) is 42.0 Å². The molecule has 0 spiro atoms. The van der Waals surface area contributed by atoms with Gasteiger partial charge in [0.2, 0.25) is 11.8 Å². The highest BCUT2D eigenvalue weighted by atomic mass is 16.3. The van der Waals surface area contributed by atoms with Crippen LogP contribution in [0.25, 0.3) is 0 Å². The molecule has 0 radical (unpaired) electrons. The summed E-state index contributed by atoms with van der Waals surface area (Å²) in [5.74, 6) is -0.322. The number of carbonyl (C=O) groups is 2. The van der Waals surface area contributed by atoms with Crippen molar-refractivity contribution in [1.82, 2.24) is 10.2 Å². The molecule has 2 unspecified atom stereocenters. The first kappa shape index (κ1) is 15.0. The molecule has 1 heterocycles. The fourth-order valence-corrected chi connectivity index (χ4v) is 3.14. The van der Waals surface area contributed by atoms with Crippen LogP contribution in [0.2, 0.25) is 0 Å². The summed E-state index contributed by atoms with van der Waals surface area (Å²) in [5.41, 5.74) is 0.649. The summed E-state index contributed by atoms with van der Waals surface area (Å²) in [7, 11) is 1.72. The van der Waals surface area contributed by atoms with Crippen molar-refractivity contribution in [1.29, 1.82) is 0 Å². The average Bonchev–Trinajstić information content (AvgIpc) is 3.25. The molecule has 118 valence electrons. The summed E-state index contributed by atoms with van der Waals surface area (Å²) in [6.07, 6.45) is 1.55. The summed E-state index contributed by atoms with van der Waals surface area (Å²) < 4.78 is 0. The number of nitrogens with zero attached hydrogens (tertiary/aromatic N) is 1. The molecule has 0 bridgehead atoms. The van der Waals surface area contributed by atoms with Crippen LogP contribution in [0.15, 0.2) is 30.3 Å². The van der Waals surface area contributed by atoms with Gasteiger partial charge in [-0.3, -0.25) is 9.59 Å². The molecular formula is C17H22N2O3. The lowest BCUT2D eigenvalue weighted by Gasteiger charge is -2.23. The van der Waals surface area contributed by atoms with Gasteiger partial charge in [0, 0.05) is 32.0 Å². The highest BCUT2D eigenvalue weighted by Gasteiger charge is 2.49. The molecule has 2 N–H and O–H groups in total. The third kappa shape index (κ3) is 2.86. The Hall–Kier alpha value is -1.88. The van der Waals surface area contributed by atoms with E-state index in [0.717, 1.165) is 18.4 Å². The predicted octanol–water partition coefficient (Wildman–Crippen LogP) is 1.09. The minimum absolute atomic E-state index is 0.0191. The molecule has 2 amide bonds. The van der Waals surface area contributed by atoms with Gasteiger partial charge in [0.1, 0.15) is 0 Å². The maximum Gasteiger partial charge on any atom is 0.225 e. The maximum absolute atomic E-state index is 12.2. The molecule has 3 rings (SSSR count). The standard InChI is InChI=1S/C17H22N2O3/c1-19-10-13(9-14(19)20)16(22)18-11-17(7-8-17)15(21)12-5-3-2-4-6-12/h2-6,13,15,21H,7-11H2,1H3,(H,18,22). The zero-order valence-electron chi connectivity index (χ0n) is 12.8. The van der Waals surface area contributed by atoms with Gasteiger partial charge in [-0.25, -0.2) is 0 Å². The summed E-state index contributed by atoms with van der Waals surface area (Å²) in [6, 6.07) is 9.57. The third-order valence-corrected chi connectivity index (χ3v) is 4.91. The van der Waals surface area contributed by atoms with Gasteiger partial charge in [-0.2, -0.15) is 0 Å². The molecule has 0 aromatic heterocycles. The van der Waals surface area contributed by atoms with Crippen LogP contribution >= 0.6 is 0 Å². The van der Waals surface area contributed by atoms with Gasteiger partial charge in [0.05, 0.1) is 12.0 Å². The second-order valence-electron chi connectivity index (χ2n) is 6.57. The van der Waals surface area contributed by atoms with Crippen LogP contribution in [-0.2, 0) is 9.59 Å². The van der Waals surface area contributed by atoms with E-state index in [1.54, 1.807) is 11.9 Å². The van der Waals surface area contributed by atoms with E-state index >= 15 is 0 Å². The molecule has 1 saturated heterocycles. The number of rotatable bonds is 5. The molecule has 1 aromatic carbocycles. The average molecular weight is 302 g/mol. The highest BCUT2D eigenvalue weighted by Crippen LogP contribution is 2.54. The van der Waals surface area contributed by atoms with Gasteiger partial charge in [-0.1, -0.05) is 30.3 Å². The number of carbonyl (C=O) groups excluding carboxylic acids is 2. The number of benzene rings is 1. The van der Waals surface area contributed by atoms with Crippen molar-refractivity contribution in [3.05, 3.63) is 35.9 Å². The van der Waals surface area contributed by atoms with Crippen LogP contribution in [0, 0.1) is 11.3 Å². The SMILES string of the molecule is CN1CC(C(=O)NCC2(C(O)c3ccccc3)CC2)CC1=O. The van der Waals surface area contributed by atoms with E-state index in [0.29, 0.717) is 13.1 Å². The normalized spacial score (nSPS) is 24.2. The zero-order chi connectivity index (χ0) is 15.7. The van der Waals surface area contributed by atoms with E-state index in [1.807, 2.05) is 30.3 Å². The number of likely N-dealkylation sites (tertiary alicyclic amines) is 1. The smallest absolute Gasteiger partial charge is 0.225 e. The number of hydrogen-bond acceptors (Lipinski definition) is 3. The molecule has 5 heteroatoms. The molecule has 5 nitrogen and oxygen atoms in total. The van der Waals surface area contributed by atoms with Gasteiger partial charge in [0.15, 0.2) is 0 Å². The Morgan fingerprint density at radius 1 is 1.41 bits per heavy atom. The second-order valence-corrected chi connectivity index (χ2v) is 6.57. The largest absolute Gasteiger partial charge is 0.388 e. The molecule has 1 aliphatic heterocycles. The molecule has 1 aromatic rings. The minimum Gasteiger partial charge on any atom is -0.388 e. The van der Waals surface area contributed by atoms with E-state index in [2.05, 4.69) is 5.32 Å². The van der Waals surface area contributed by atoms with Crippen LogP contribution in [0.5, 0.6) is 0 Å². The number of aliphatic hydroxyl groups is 1. The summed E-state index contributed by atoms with van der Waals surface area (Å²) >= 11 is 0. The Bertz CT molecular complexity index is 569. The van der Waals surface area contributed by atoms with Crippen LogP contribution in [0.3, 0.4) is 0 Å². The molecule has 2 atom stereocenters.